The smallest absolute Gasteiger partial charge is 0.242 e. The molecule has 5 heteroatoms. The zero-order chi connectivity index (χ0) is 17.6. The van der Waals surface area contributed by atoms with Gasteiger partial charge in [0.25, 0.3) is 0 Å². The van der Waals surface area contributed by atoms with E-state index in [0.29, 0.717) is 18.7 Å². The van der Waals surface area contributed by atoms with Crippen LogP contribution in [0.15, 0.2) is 54.6 Å². The van der Waals surface area contributed by atoms with Crippen molar-refractivity contribution in [1.29, 1.82) is 5.26 Å². The van der Waals surface area contributed by atoms with Crippen LogP contribution in [0.1, 0.15) is 24.2 Å². The number of amides is 1. The van der Waals surface area contributed by atoms with Gasteiger partial charge in [-0.2, -0.15) is 5.26 Å². The quantitative estimate of drug-likeness (QED) is 0.933. The second-order valence-corrected chi connectivity index (χ2v) is 6.19. The van der Waals surface area contributed by atoms with Gasteiger partial charge in [-0.1, -0.05) is 30.3 Å². The van der Waals surface area contributed by atoms with Gasteiger partial charge in [-0.15, -0.1) is 0 Å². The largest absolute Gasteiger partial charge is 0.376 e. The van der Waals surface area contributed by atoms with Crippen molar-refractivity contribution in [1.82, 2.24) is 4.90 Å². The second kappa shape index (κ2) is 7.82. The van der Waals surface area contributed by atoms with Gasteiger partial charge < -0.3 is 15.0 Å². The van der Waals surface area contributed by atoms with E-state index in [1.54, 1.807) is 24.3 Å². The molecule has 0 saturated carbocycles. The topological polar surface area (TPSA) is 65.4 Å². The molecule has 0 spiro atoms. The zero-order valence-electron chi connectivity index (χ0n) is 14.2. The summed E-state index contributed by atoms with van der Waals surface area (Å²) in [6.45, 7) is 3.36. The summed E-state index contributed by atoms with van der Waals surface area (Å²) < 4.78 is 6.00. The number of benzene rings is 2. The number of morpholine rings is 1. The lowest BCUT2D eigenvalue weighted by molar-refractivity contribution is -0.143. The molecular formula is C20H21N3O2. The highest BCUT2D eigenvalue weighted by Crippen LogP contribution is 2.25. The normalized spacial score (nSPS) is 19.9. The van der Waals surface area contributed by atoms with Gasteiger partial charge in [0.05, 0.1) is 30.8 Å². The lowest BCUT2D eigenvalue weighted by atomic mass is 10.1. The Morgan fingerprint density at radius 2 is 1.92 bits per heavy atom. The Bertz CT molecular complexity index is 753. The van der Waals surface area contributed by atoms with E-state index < -0.39 is 0 Å². The standard InChI is InChI=1S/C20H21N3O2/c1-15-13-23(14-19(25-15)17-5-3-2-4-6-17)20(24)12-22-18-9-7-16(11-21)8-10-18/h2-10,15,19,22H,12-14H2,1H3/t15-,19-/m1/s1. The van der Waals surface area contributed by atoms with E-state index in [1.165, 1.54) is 0 Å². The number of carbonyl (C=O) groups is 1. The molecular weight excluding hydrogens is 314 g/mol. The number of nitriles is 1. The van der Waals surface area contributed by atoms with Crippen molar-refractivity contribution in [3.8, 4) is 6.07 Å². The minimum Gasteiger partial charge on any atom is -0.376 e. The third-order valence-corrected chi connectivity index (χ3v) is 4.24. The average molecular weight is 335 g/mol. The molecule has 1 amide bonds. The highest BCUT2D eigenvalue weighted by molar-refractivity contribution is 5.81. The van der Waals surface area contributed by atoms with E-state index in [2.05, 4.69) is 11.4 Å². The van der Waals surface area contributed by atoms with Crippen LogP contribution in [0.2, 0.25) is 0 Å². The summed E-state index contributed by atoms with van der Waals surface area (Å²) >= 11 is 0. The molecule has 0 aromatic heterocycles. The molecule has 5 nitrogen and oxygen atoms in total. The minimum atomic E-state index is -0.0937. The van der Waals surface area contributed by atoms with Crippen LogP contribution in [0, 0.1) is 11.3 Å². The van der Waals surface area contributed by atoms with E-state index in [4.69, 9.17) is 10.00 Å². The fraction of sp³-hybridized carbons (Fsp3) is 0.300. The summed E-state index contributed by atoms with van der Waals surface area (Å²) in [4.78, 5) is 14.4. The second-order valence-electron chi connectivity index (χ2n) is 6.19. The fourth-order valence-corrected chi connectivity index (χ4v) is 2.96. The van der Waals surface area contributed by atoms with Gasteiger partial charge in [-0.05, 0) is 36.8 Å². The Balaban J connectivity index is 1.60. The summed E-state index contributed by atoms with van der Waals surface area (Å²) in [6, 6.07) is 19.1. The predicted octanol–water partition coefficient (Wildman–Crippen LogP) is 2.96. The summed E-state index contributed by atoms with van der Waals surface area (Å²) in [7, 11) is 0. The zero-order valence-corrected chi connectivity index (χ0v) is 14.2. The first-order chi connectivity index (χ1) is 12.2. The first kappa shape index (κ1) is 17.0. The Morgan fingerprint density at radius 1 is 1.20 bits per heavy atom. The molecule has 2 atom stereocenters. The maximum atomic E-state index is 12.6. The Morgan fingerprint density at radius 3 is 2.60 bits per heavy atom. The number of nitrogens with one attached hydrogen (secondary N) is 1. The predicted molar refractivity (Wildman–Crippen MR) is 96.0 cm³/mol. The number of anilines is 1. The van der Waals surface area contributed by atoms with Crippen molar-refractivity contribution < 1.29 is 9.53 Å². The molecule has 1 N–H and O–H groups in total. The van der Waals surface area contributed by atoms with Crippen LogP contribution in [0.5, 0.6) is 0 Å². The number of rotatable bonds is 4. The summed E-state index contributed by atoms with van der Waals surface area (Å²) in [5.74, 6) is 0.0421. The summed E-state index contributed by atoms with van der Waals surface area (Å²) in [5, 5.41) is 11.9. The van der Waals surface area contributed by atoms with Crippen LogP contribution < -0.4 is 5.32 Å². The van der Waals surface area contributed by atoms with Crippen LogP contribution in [0.3, 0.4) is 0 Å². The minimum absolute atomic E-state index is 0.00202. The first-order valence-electron chi connectivity index (χ1n) is 8.38. The molecule has 1 aliphatic heterocycles. The van der Waals surface area contributed by atoms with Crippen LogP contribution >= 0.6 is 0 Å². The monoisotopic (exact) mass is 335 g/mol. The number of carbonyl (C=O) groups excluding carboxylic acids is 1. The lowest BCUT2D eigenvalue weighted by Gasteiger charge is -2.37. The van der Waals surface area contributed by atoms with E-state index in [9.17, 15) is 4.79 Å². The van der Waals surface area contributed by atoms with Crippen LogP contribution in [0.25, 0.3) is 0 Å². The van der Waals surface area contributed by atoms with E-state index >= 15 is 0 Å². The van der Waals surface area contributed by atoms with Gasteiger partial charge in [0, 0.05) is 12.2 Å². The van der Waals surface area contributed by atoms with E-state index in [0.717, 1.165) is 11.3 Å². The van der Waals surface area contributed by atoms with E-state index in [1.807, 2.05) is 42.2 Å². The summed E-state index contributed by atoms with van der Waals surface area (Å²) in [5.41, 5.74) is 2.52. The Kier molecular flexibility index (Phi) is 5.32. The summed E-state index contributed by atoms with van der Waals surface area (Å²) in [6.07, 6.45) is -0.0957. The maximum Gasteiger partial charge on any atom is 0.242 e. The molecule has 25 heavy (non-hydrogen) atoms. The molecule has 0 unspecified atom stereocenters. The molecule has 1 saturated heterocycles. The van der Waals surface area contributed by atoms with E-state index in [-0.39, 0.29) is 24.7 Å². The van der Waals surface area contributed by atoms with Crippen molar-refractivity contribution in [2.24, 2.45) is 0 Å². The molecule has 1 fully saturated rings. The van der Waals surface area contributed by atoms with Gasteiger partial charge in [0.2, 0.25) is 5.91 Å². The number of ether oxygens (including phenoxy) is 1. The number of hydrogen-bond acceptors (Lipinski definition) is 4. The van der Waals surface area contributed by atoms with Gasteiger partial charge >= 0.3 is 0 Å². The van der Waals surface area contributed by atoms with Crippen molar-refractivity contribution >= 4 is 11.6 Å². The molecule has 2 aromatic rings. The molecule has 128 valence electrons. The first-order valence-corrected chi connectivity index (χ1v) is 8.38. The van der Waals surface area contributed by atoms with Gasteiger partial charge in [-0.3, -0.25) is 4.79 Å². The molecule has 0 radical (unpaired) electrons. The van der Waals surface area contributed by atoms with Gasteiger partial charge in [0.1, 0.15) is 6.10 Å². The van der Waals surface area contributed by atoms with Crippen molar-refractivity contribution in [3.05, 3.63) is 65.7 Å². The SMILES string of the molecule is C[C@@H]1CN(C(=O)CNc2ccc(C#N)cc2)C[C@H](c2ccccc2)O1. The van der Waals surface area contributed by atoms with Gasteiger partial charge in [0.15, 0.2) is 0 Å². The van der Waals surface area contributed by atoms with Crippen molar-refractivity contribution in [3.63, 3.8) is 0 Å². The molecule has 3 rings (SSSR count). The third-order valence-electron chi connectivity index (χ3n) is 4.24. The number of hydrogen-bond donors (Lipinski definition) is 1. The van der Waals surface area contributed by atoms with Crippen LogP contribution in [0.4, 0.5) is 5.69 Å². The van der Waals surface area contributed by atoms with Crippen molar-refractivity contribution in [2.45, 2.75) is 19.1 Å². The highest BCUT2D eigenvalue weighted by Gasteiger charge is 2.29. The number of nitrogens with zero attached hydrogens (tertiary/aromatic N) is 2. The fourth-order valence-electron chi connectivity index (χ4n) is 2.96. The maximum absolute atomic E-state index is 12.6. The third kappa shape index (κ3) is 4.37. The molecule has 0 aliphatic carbocycles. The lowest BCUT2D eigenvalue weighted by Crippen LogP contribution is -2.47. The molecule has 1 heterocycles. The average Bonchev–Trinajstić information content (AvgIpc) is 2.66. The van der Waals surface area contributed by atoms with Crippen LogP contribution in [-0.2, 0) is 9.53 Å². The Labute approximate surface area is 147 Å². The van der Waals surface area contributed by atoms with Crippen LogP contribution in [-0.4, -0.2) is 36.5 Å². The molecule has 2 aromatic carbocycles. The molecule has 1 aliphatic rings. The van der Waals surface area contributed by atoms with Gasteiger partial charge in [-0.25, -0.2) is 0 Å². The molecule has 0 bridgehead atoms. The van der Waals surface area contributed by atoms with Crippen molar-refractivity contribution in [2.75, 3.05) is 25.0 Å². The highest BCUT2D eigenvalue weighted by atomic mass is 16.5. The Hall–Kier alpha value is -2.84.